The number of fused-ring (bicyclic) bond motifs is 2. The molecule has 0 atom stereocenters. The number of thiophene rings is 1. The standard InChI is InChI=1S/C19H14S2/c1-20-17-11-5-8-13-7-4-9-15(19(13)17)18-12-14-6-2-3-10-16(14)21-18/h2-12H,1H3. The van der Waals surface area contributed by atoms with Crippen LogP contribution in [0.2, 0.25) is 0 Å². The third-order valence-corrected chi connectivity index (χ3v) is 5.71. The van der Waals surface area contributed by atoms with Crippen LogP contribution >= 0.6 is 23.1 Å². The predicted octanol–water partition coefficient (Wildman–Crippen LogP) is 6.44. The zero-order valence-electron chi connectivity index (χ0n) is 11.7. The van der Waals surface area contributed by atoms with Gasteiger partial charge >= 0.3 is 0 Å². The molecule has 2 heteroatoms. The van der Waals surface area contributed by atoms with E-state index in [-0.39, 0.29) is 0 Å². The number of hydrogen-bond donors (Lipinski definition) is 0. The van der Waals surface area contributed by atoms with Gasteiger partial charge in [0.1, 0.15) is 0 Å². The molecule has 0 N–H and O–H groups in total. The van der Waals surface area contributed by atoms with Gasteiger partial charge in [0.2, 0.25) is 0 Å². The van der Waals surface area contributed by atoms with Crippen LogP contribution in [0.15, 0.2) is 71.6 Å². The molecule has 0 saturated carbocycles. The van der Waals surface area contributed by atoms with Crippen LogP contribution in [0.3, 0.4) is 0 Å². The van der Waals surface area contributed by atoms with Gasteiger partial charge in [0.05, 0.1) is 0 Å². The van der Waals surface area contributed by atoms with E-state index in [0.717, 1.165) is 0 Å². The van der Waals surface area contributed by atoms with Gasteiger partial charge in [-0.05, 0) is 35.2 Å². The van der Waals surface area contributed by atoms with Crippen LogP contribution in [0.25, 0.3) is 31.3 Å². The molecule has 3 aromatic carbocycles. The number of rotatable bonds is 2. The number of hydrogen-bond acceptors (Lipinski definition) is 2. The fourth-order valence-corrected chi connectivity index (χ4v) is 4.54. The summed E-state index contributed by atoms with van der Waals surface area (Å²) in [5, 5.41) is 4.02. The van der Waals surface area contributed by atoms with Crippen molar-refractivity contribution in [3.63, 3.8) is 0 Å². The van der Waals surface area contributed by atoms with Gasteiger partial charge in [-0.2, -0.15) is 0 Å². The molecule has 4 rings (SSSR count). The van der Waals surface area contributed by atoms with Crippen molar-refractivity contribution in [1.29, 1.82) is 0 Å². The maximum Gasteiger partial charge on any atom is 0.0361 e. The molecule has 0 aliphatic heterocycles. The third-order valence-electron chi connectivity index (χ3n) is 3.78. The van der Waals surface area contributed by atoms with Crippen LogP contribution in [0.4, 0.5) is 0 Å². The van der Waals surface area contributed by atoms with Crippen LogP contribution in [-0.4, -0.2) is 6.26 Å². The van der Waals surface area contributed by atoms with E-state index in [1.165, 1.54) is 36.2 Å². The predicted molar refractivity (Wildman–Crippen MR) is 96.5 cm³/mol. The van der Waals surface area contributed by atoms with Gasteiger partial charge in [-0.15, -0.1) is 23.1 Å². The van der Waals surface area contributed by atoms with Gasteiger partial charge in [-0.3, -0.25) is 0 Å². The molecule has 0 aliphatic carbocycles. The van der Waals surface area contributed by atoms with Gasteiger partial charge in [-0.25, -0.2) is 0 Å². The Morgan fingerprint density at radius 2 is 1.57 bits per heavy atom. The van der Waals surface area contributed by atoms with E-state index >= 15 is 0 Å². The quantitative estimate of drug-likeness (QED) is 0.384. The molecule has 1 heterocycles. The number of benzene rings is 3. The fourth-order valence-electron chi connectivity index (χ4n) is 2.80. The molecule has 0 amide bonds. The minimum atomic E-state index is 1.32. The minimum absolute atomic E-state index is 1.32. The molecule has 1 aromatic heterocycles. The lowest BCUT2D eigenvalue weighted by atomic mass is 10.0. The highest BCUT2D eigenvalue weighted by Crippen LogP contribution is 2.40. The van der Waals surface area contributed by atoms with E-state index in [0.29, 0.717) is 0 Å². The molecule has 0 bridgehead atoms. The van der Waals surface area contributed by atoms with Gasteiger partial charge in [0.15, 0.2) is 0 Å². The first-order valence-corrected chi connectivity index (χ1v) is 8.95. The third kappa shape index (κ3) is 2.15. The van der Waals surface area contributed by atoms with E-state index in [1.54, 1.807) is 0 Å². The molecule has 0 saturated heterocycles. The van der Waals surface area contributed by atoms with E-state index in [1.807, 2.05) is 23.1 Å². The average Bonchev–Trinajstić information content (AvgIpc) is 2.97. The van der Waals surface area contributed by atoms with Crippen molar-refractivity contribution < 1.29 is 0 Å². The molecule has 21 heavy (non-hydrogen) atoms. The number of thioether (sulfide) groups is 1. The second-order valence-electron chi connectivity index (χ2n) is 5.01. The molecule has 102 valence electrons. The Morgan fingerprint density at radius 1 is 0.810 bits per heavy atom. The van der Waals surface area contributed by atoms with E-state index in [2.05, 4.69) is 73.0 Å². The zero-order chi connectivity index (χ0) is 14.2. The monoisotopic (exact) mass is 306 g/mol. The topological polar surface area (TPSA) is 0 Å². The summed E-state index contributed by atoms with van der Waals surface area (Å²) in [7, 11) is 0. The van der Waals surface area contributed by atoms with E-state index in [9.17, 15) is 0 Å². The SMILES string of the molecule is CSc1cccc2cccc(-c3cc4ccccc4s3)c12. The van der Waals surface area contributed by atoms with Crippen molar-refractivity contribution in [1.82, 2.24) is 0 Å². The lowest BCUT2D eigenvalue weighted by Gasteiger charge is -2.08. The van der Waals surface area contributed by atoms with Crippen molar-refractivity contribution in [2.45, 2.75) is 4.90 Å². The zero-order valence-corrected chi connectivity index (χ0v) is 13.3. The van der Waals surface area contributed by atoms with Crippen LogP contribution in [0, 0.1) is 0 Å². The Bertz CT molecular complexity index is 896. The Hall–Kier alpha value is -1.77. The lowest BCUT2D eigenvalue weighted by molar-refractivity contribution is 1.55. The van der Waals surface area contributed by atoms with Crippen LogP contribution in [0.1, 0.15) is 0 Å². The van der Waals surface area contributed by atoms with E-state index in [4.69, 9.17) is 0 Å². The summed E-state index contributed by atoms with van der Waals surface area (Å²) in [6.07, 6.45) is 2.15. The Balaban J connectivity index is 2.05. The summed E-state index contributed by atoms with van der Waals surface area (Å²) in [5.74, 6) is 0. The van der Waals surface area contributed by atoms with Gasteiger partial charge in [-0.1, -0.05) is 48.5 Å². The fraction of sp³-hybridized carbons (Fsp3) is 0.0526. The first kappa shape index (κ1) is 12.9. The molecule has 0 unspecified atom stereocenters. The largest absolute Gasteiger partial charge is 0.135 e. The summed E-state index contributed by atoms with van der Waals surface area (Å²) < 4.78 is 1.35. The van der Waals surface area contributed by atoms with Gasteiger partial charge in [0.25, 0.3) is 0 Å². The summed E-state index contributed by atoms with van der Waals surface area (Å²) >= 11 is 3.69. The highest BCUT2D eigenvalue weighted by atomic mass is 32.2. The summed E-state index contributed by atoms with van der Waals surface area (Å²) in [6, 6.07) is 24.1. The Labute approximate surface area is 132 Å². The first-order chi connectivity index (χ1) is 10.4. The summed E-state index contributed by atoms with van der Waals surface area (Å²) in [4.78, 5) is 2.70. The molecule has 0 spiro atoms. The Morgan fingerprint density at radius 3 is 2.38 bits per heavy atom. The van der Waals surface area contributed by atoms with Crippen molar-refractivity contribution in [2.75, 3.05) is 6.26 Å². The smallest absolute Gasteiger partial charge is 0.0361 e. The summed E-state index contributed by atoms with van der Waals surface area (Å²) in [6.45, 7) is 0. The van der Waals surface area contributed by atoms with E-state index < -0.39 is 0 Å². The molecular weight excluding hydrogens is 292 g/mol. The maximum atomic E-state index is 2.31. The first-order valence-electron chi connectivity index (χ1n) is 6.91. The van der Waals surface area contributed by atoms with Crippen molar-refractivity contribution in [3.8, 4) is 10.4 Å². The molecule has 4 aromatic rings. The molecule has 0 nitrogen and oxygen atoms in total. The van der Waals surface area contributed by atoms with Crippen molar-refractivity contribution in [3.05, 3.63) is 66.7 Å². The normalized spacial score (nSPS) is 11.3. The van der Waals surface area contributed by atoms with Gasteiger partial charge in [0, 0.05) is 25.4 Å². The van der Waals surface area contributed by atoms with Crippen LogP contribution in [0.5, 0.6) is 0 Å². The molecule has 0 aliphatic rings. The highest BCUT2D eigenvalue weighted by molar-refractivity contribution is 7.98. The van der Waals surface area contributed by atoms with Gasteiger partial charge < -0.3 is 0 Å². The maximum absolute atomic E-state index is 2.31. The molecule has 0 fully saturated rings. The Kier molecular flexibility index (Phi) is 3.21. The average molecular weight is 306 g/mol. The second kappa shape index (κ2) is 5.21. The van der Waals surface area contributed by atoms with Crippen molar-refractivity contribution in [2.24, 2.45) is 0 Å². The lowest BCUT2D eigenvalue weighted by Crippen LogP contribution is -1.81. The minimum Gasteiger partial charge on any atom is -0.135 e. The van der Waals surface area contributed by atoms with Crippen molar-refractivity contribution >= 4 is 44.0 Å². The highest BCUT2D eigenvalue weighted by Gasteiger charge is 2.10. The molecular formula is C19H14S2. The second-order valence-corrected chi connectivity index (χ2v) is 6.94. The molecule has 0 radical (unpaired) electrons. The van der Waals surface area contributed by atoms with Crippen LogP contribution < -0.4 is 0 Å². The summed E-state index contributed by atoms with van der Waals surface area (Å²) in [5.41, 5.74) is 1.35. The van der Waals surface area contributed by atoms with Crippen LogP contribution in [-0.2, 0) is 0 Å².